The molecule has 3 rings (SSSR count). The lowest BCUT2D eigenvalue weighted by atomic mass is 10.1. The molecular weight excluding hydrogens is 414 g/mol. The maximum absolute atomic E-state index is 11.9. The summed E-state index contributed by atoms with van der Waals surface area (Å²) < 4.78 is 7.13. The summed E-state index contributed by atoms with van der Waals surface area (Å²) in [7, 11) is 4.52. The monoisotopic (exact) mass is 447 g/mol. The van der Waals surface area contributed by atoms with Gasteiger partial charge in [0.05, 0.1) is 13.7 Å². The van der Waals surface area contributed by atoms with Crippen molar-refractivity contribution in [2.45, 2.75) is 19.3 Å². The molecule has 1 fully saturated rings. The molecule has 8 nitrogen and oxygen atoms in total. The van der Waals surface area contributed by atoms with Gasteiger partial charge in [-0.3, -0.25) is 19.5 Å². The van der Waals surface area contributed by atoms with Crippen LogP contribution in [0.25, 0.3) is 11.8 Å². The predicted octanol–water partition coefficient (Wildman–Crippen LogP) is 0.346. The topological polar surface area (TPSA) is 83.6 Å². The minimum Gasteiger partial charge on any atom is -0.478 e. The van der Waals surface area contributed by atoms with E-state index in [4.69, 9.17) is 15.3 Å². The zero-order chi connectivity index (χ0) is 22.2. The van der Waals surface area contributed by atoms with Gasteiger partial charge in [0.2, 0.25) is 5.90 Å². The zero-order valence-electron chi connectivity index (χ0n) is 18.7. The van der Waals surface area contributed by atoms with Crippen LogP contribution in [0.4, 0.5) is 0 Å². The van der Waals surface area contributed by atoms with Crippen LogP contribution in [0.15, 0.2) is 28.2 Å². The Kier molecular flexibility index (Phi) is 8.51. The first-order valence-corrected chi connectivity index (χ1v) is 11.5. The number of rotatable bonds is 8. The van der Waals surface area contributed by atoms with Crippen LogP contribution in [0.2, 0.25) is 0 Å². The van der Waals surface area contributed by atoms with Gasteiger partial charge >= 0.3 is 0 Å². The van der Waals surface area contributed by atoms with Crippen LogP contribution in [-0.2, 0) is 14.4 Å². The fraction of sp³-hybridized carbons (Fsp3) is 0.545. The standard InChI is InChI=1S/C22H33N5O3S/c1-24-21(16-18(23)22(28)25(2)29-3)30-14-5-9-26-10-12-27(13-11-26)19-6-4-7-20-17(19)8-15-31-20/h7-8,15-16H,4-6,9-14,23H2,1-3H3. The molecule has 2 heterocycles. The fourth-order valence-corrected chi connectivity index (χ4v) is 4.73. The normalized spacial score (nSPS) is 17.9. The summed E-state index contributed by atoms with van der Waals surface area (Å²) in [5.41, 5.74) is 7.34. The summed E-state index contributed by atoms with van der Waals surface area (Å²) in [5, 5.41) is 4.69. The van der Waals surface area contributed by atoms with Gasteiger partial charge in [0.15, 0.2) is 0 Å². The lowest BCUT2D eigenvalue weighted by Gasteiger charge is -2.37. The van der Waals surface area contributed by atoms with Crippen molar-refractivity contribution in [2.75, 3.05) is 60.5 Å². The van der Waals surface area contributed by atoms with Crippen molar-refractivity contribution in [3.63, 3.8) is 0 Å². The smallest absolute Gasteiger partial charge is 0.293 e. The van der Waals surface area contributed by atoms with Gasteiger partial charge in [0.25, 0.3) is 5.91 Å². The molecule has 1 aliphatic carbocycles. The van der Waals surface area contributed by atoms with Crippen LogP contribution in [-0.4, -0.2) is 87.2 Å². The van der Waals surface area contributed by atoms with Crippen LogP contribution >= 0.6 is 11.3 Å². The summed E-state index contributed by atoms with van der Waals surface area (Å²) in [6.07, 6.45) is 6.99. The van der Waals surface area contributed by atoms with Crippen LogP contribution in [0.3, 0.4) is 0 Å². The summed E-state index contributed by atoms with van der Waals surface area (Å²) in [5.74, 6) is -0.0920. The molecule has 1 amide bonds. The molecule has 0 atom stereocenters. The molecule has 31 heavy (non-hydrogen) atoms. The Morgan fingerprint density at radius 1 is 1.35 bits per heavy atom. The van der Waals surface area contributed by atoms with Crippen molar-refractivity contribution in [1.29, 1.82) is 0 Å². The Hall–Kier alpha value is -2.36. The first kappa shape index (κ1) is 23.3. The molecule has 1 aromatic rings. The molecule has 170 valence electrons. The molecule has 0 radical (unpaired) electrons. The van der Waals surface area contributed by atoms with Crippen molar-refractivity contribution < 1.29 is 14.4 Å². The molecule has 1 aromatic heterocycles. The lowest BCUT2D eigenvalue weighted by molar-refractivity contribution is -0.164. The first-order chi connectivity index (χ1) is 15.0. The largest absolute Gasteiger partial charge is 0.478 e. The molecule has 0 unspecified atom stereocenters. The third-order valence-electron chi connectivity index (χ3n) is 5.65. The highest BCUT2D eigenvalue weighted by Gasteiger charge is 2.20. The Labute approximate surface area is 187 Å². The zero-order valence-corrected chi connectivity index (χ0v) is 19.5. The number of amides is 1. The number of fused-ring (bicyclic) bond motifs is 1. The van der Waals surface area contributed by atoms with E-state index in [1.54, 1.807) is 7.05 Å². The highest BCUT2D eigenvalue weighted by Crippen LogP contribution is 2.17. The summed E-state index contributed by atoms with van der Waals surface area (Å²) in [6, 6.07) is 2.27. The van der Waals surface area contributed by atoms with Gasteiger partial charge in [-0.25, -0.2) is 5.06 Å². The molecule has 0 aromatic carbocycles. The Morgan fingerprint density at radius 3 is 2.84 bits per heavy atom. The molecule has 0 saturated carbocycles. The Balaban J connectivity index is 1.41. The quantitative estimate of drug-likeness (QED) is 0.204. The second kappa shape index (κ2) is 11.3. The van der Waals surface area contributed by atoms with E-state index >= 15 is 0 Å². The van der Waals surface area contributed by atoms with Crippen LogP contribution in [0.5, 0.6) is 0 Å². The minimum atomic E-state index is -0.437. The van der Waals surface area contributed by atoms with E-state index in [9.17, 15) is 4.79 Å². The number of ether oxygens (including phenoxy) is 1. The molecule has 1 aliphatic heterocycles. The number of thiophene rings is 1. The van der Waals surface area contributed by atoms with E-state index in [2.05, 4.69) is 32.3 Å². The highest BCUT2D eigenvalue weighted by atomic mass is 32.1. The molecule has 2 N–H and O–H groups in total. The van der Waals surface area contributed by atoms with Crippen molar-refractivity contribution in [3.8, 4) is 0 Å². The summed E-state index contributed by atoms with van der Waals surface area (Å²) in [4.78, 5) is 25.9. The van der Waals surface area contributed by atoms with Crippen molar-refractivity contribution >= 4 is 34.9 Å². The van der Waals surface area contributed by atoms with Crippen molar-refractivity contribution in [1.82, 2.24) is 14.9 Å². The van der Waals surface area contributed by atoms with Crippen molar-refractivity contribution in [2.24, 2.45) is 10.7 Å². The number of aliphatic imine (C=N–C) groups is 1. The maximum atomic E-state index is 11.9. The van der Waals surface area contributed by atoms with Gasteiger partial charge in [-0.05, 0) is 30.7 Å². The third kappa shape index (κ3) is 6.09. The average molecular weight is 448 g/mol. The number of piperazine rings is 1. The van der Waals surface area contributed by atoms with E-state index in [1.165, 1.54) is 35.7 Å². The van der Waals surface area contributed by atoms with Gasteiger partial charge < -0.3 is 15.4 Å². The van der Waals surface area contributed by atoms with Gasteiger partial charge in [-0.2, -0.15) is 0 Å². The number of nitrogens with zero attached hydrogens (tertiary/aromatic N) is 4. The van der Waals surface area contributed by atoms with Gasteiger partial charge in [0, 0.05) is 68.3 Å². The number of hydroxylamine groups is 2. The SMILES string of the molecule is CN=C(C=C(N)C(=O)N(C)OC)OCCCN1CCN(C2=c3ccsc3=CCC2)CC1. The van der Waals surface area contributed by atoms with Gasteiger partial charge in [0.1, 0.15) is 5.70 Å². The molecule has 0 spiro atoms. The van der Waals surface area contributed by atoms with Gasteiger partial charge in [-0.1, -0.05) is 6.08 Å². The van der Waals surface area contributed by atoms with E-state index in [1.807, 2.05) is 11.3 Å². The molecule has 9 heteroatoms. The van der Waals surface area contributed by atoms with Crippen LogP contribution < -0.4 is 15.5 Å². The molecule has 0 bridgehead atoms. The highest BCUT2D eigenvalue weighted by molar-refractivity contribution is 7.07. The van der Waals surface area contributed by atoms with Crippen LogP contribution in [0, 0.1) is 0 Å². The third-order valence-corrected chi connectivity index (χ3v) is 6.56. The van der Waals surface area contributed by atoms with E-state index < -0.39 is 5.91 Å². The van der Waals surface area contributed by atoms with E-state index in [0.717, 1.165) is 57.0 Å². The van der Waals surface area contributed by atoms with Crippen molar-refractivity contribution in [3.05, 3.63) is 33.0 Å². The van der Waals surface area contributed by atoms with E-state index in [-0.39, 0.29) is 5.70 Å². The summed E-state index contributed by atoms with van der Waals surface area (Å²) >= 11 is 1.84. The number of carbonyl (C=O) groups excluding carboxylic acids is 1. The fourth-order valence-electron chi connectivity index (χ4n) is 3.86. The first-order valence-electron chi connectivity index (χ1n) is 10.7. The lowest BCUT2D eigenvalue weighted by Crippen LogP contribution is -2.48. The molecular formula is C22H33N5O3S. The number of likely N-dealkylation sites (N-methyl/N-ethyl adjacent to an activating group) is 1. The summed E-state index contributed by atoms with van der Waals surface area (Å²) in [6.45, 7) is 5.76. The number of nitrogens with two attached hydrogens (primary N) is 1. The number of carbonyl (C=O) groups is 1. The second-order valence-electron chi connectivity index (χ2n) is 7.57. The minimum absolute atomic E-state index is 0.0210. The average Bonchev–Trinajstić information content (AvgIpc) is 3.29. The molecule has 1 saturated heterocycles. The Morgan fingerprint density at radius 2 is 2.13 bits per heavy atom. The second-order valence-corrected chi connectivity index (χ2v) is 8.51. The number of hydrogen-bond donors (Lipinski definition) is 1. The maximum Gasteiger partial charge on any atom is 0.293 e. The van der Waals surface area contributed by atoms with E-state index in [0.29, 0.717) is 12.5 Å². The predicted molar refractivity (Wildman–Crippen MR) is 125 cm³/mol. The Bertz CT molecular complexity index is 931. The number of hydrogen-bond acceptors (Lipinski definition) is 8. The van der Waals surface area contributed by atoms with Crippen LogP contribution in [0.1, 0.15) is 19.3 Å². The van der Waals surface area contributed by atoms with Gasteiger partial charge in [-0.15, -0.1) is 11.3 Å². The molecule has 2 aliphatic rings.